The number of fused-ring (bicyclic) bond motifs is 4. The van der Waals surface area contributed by atoms with E-state index >= 15 is 0 Å². The molecule has 3 aliphatic heterocycles. The molecule has 0 radical (unpaired) electrons. The van der Waals surface area contributed by atoms with Gasteiger partial charge in [-0.1, -0.05) is 111 Å². The molecule has 0 bridgehead atoms. The predicted octanol–water partition coefficient (Wildman–Crippen LogP) is 16.7. The first-order chi connectivity index (χ1) is 68.5. The van der Waals surface area contributed by atoms with Crippen LogP contribution in [-0.4, -0.2) is 177 Å². The number of carbonyl (C=O) groups is 3. The molecular formula is C104H109F4N21O12S. The highest BCUT2D eigenvalue weighted by Gasteiger charge is 2.38. The van der Waals surface area contributed by atoms with Crippen LogP contribution in [0.25, 0.3) is 67.9 Å². The van der Waals surface area contributed by atoms with Gasteiger partial charge in [0.05, 0.1) is 81.8 Å². The van der Waals surface area contributed by atoms with Crippen LogP contribution in [0.2, 0.25) is 0 Å². The molecule has 3 fully saturated rings. The van der Waals surface area contributed by atoms with Crippen LogP contribution in [0.1, 0.15) is 158 Å². The molecule has 0 saturated carbocycles. The summed E-state index contributed by atoms with van der Waals surface area (Å²) in [5.41, 5.74) is 13.7. The number of H-pyrrole nitrogens is 8. The normalized spacial score (nSPS) is 14.3. The van der Waals surface area contributed by atoms with Gasteiger partial charge in [0.1, 0.15) is 33.8 Å². The molecule has 33 nitrogen and oxygen atoms in total. The van der Waals surface area contributed by atoms with Crippen LogP contribution in [0.3, 0.4) is 0 Å². The van der Waals surface area contributed by atoms with Gasteiger partial charge in [0, 0.05) is 90.6 Å². The highest BCUT2D eigenvalue weighted by atomic mass is 32.2. The van der Waals surface area contributed by atoms with Crippen molar-refractivity contribution in [2.45, 2.75) is 159 Å². The third-order valence-corrected chi connectivity index (χ3v) is 26.8. The van der Waals surface area contributed by atoms with Crippen molar-refractivity contribution in [3.05, 3.63) is 351 Å². The molecular weight excluding hydrogens is 1840 g/mol. The summed E-state index contributed by atoms with van der Waals surface area (Å²) in [5.74, 6) is 0.833. The number of methoxy groups -OCH3 is 1. The Labute approximate surface area is 812 Å². The average molecular weight is 1950 g/mol. The van der Waals surface area contributed by atoms with Gasteiger partial charge in [-0.2, -0.15) is 18.7 Å². The Morgan fingerprint density at radius 2 is 0.782 bits per heavy atom. The first kappa shape index (κ1) is 97.9. The Hall–Kier alpha value is -15.7. The number of hydrogen-bond donors (Lipinski definition) is 9. The van der Waals surface area contributed by atoms with Crippen molar-refractivity contribution in [1.29, 1.82) is 0 Å². The highest BCUT2D eigenvalue weighted by Crippen LogP contribution is 2.37. The van der Waals surface area contributed by atoms with E-state index in [1.807, 2.05) is 132 Å². The van der Waals surface area contributed by atoms with Gasteiger partial charge in [-0.05, 0) is 248 Å². The minimum atomic E-state index is -3.84. The third kappa shape index (κ3) is 23.0. The maximum Gasteiger partial charge on any atom is 0.410 e. The smallest absolute Gasteiger partial charge is 0.410 e. The fourth-order valence-corrected chi connectivity index (χ4v) is 19.0. The Morgan fingerprint density at radius 3 is 1.14 bits per heavy atom. The number of pyridine rings is 1. The van der Waals surface area contributed by atoms with E-state index < -0.39 is 21.7 Å². The molecule has 8 aromatic carbocycles. The van der Waals surface area contributed by atoms with Crippen molar-refractivity contribution >= 4 is 72.4 Å². The zero-order valence-electron chi connectivity index (χ0n) is 79.1. The molecule has 142 heavy (non-hydrogen) atoms. The van der Waals surface area contributed by atoms with Crippen molar-refractivity contribution in [3.8, 4) is 23.8 Å². The summed E-state index contributed by atoms with van der Waals surface area (Å²) in [6.45, 7) is 12.6. The Kier molecular flexibility index (Phi) is 29.9. The lowest BCUT2D eigenvalue weighted by Crippen LogP contribution is -2.39. The lowest BCUT2D eigenvalue weighted by molar-refractivity contribution is 0.0220. The number of para-hydroxylation sites is 8. The number of aromatic nitrogens is 17. The molecule has 0 aliphatic carbocycles. The average Bonchev–Trinajstić information content (AvgIpc) is 1.62. The fourth-order valence-electron chi connectivity index (χ4n) is 18.0. The number of aryl methyl sites for hydroxylation is 4. The fraction of sp³-hybridized carbons (Fsp3) is 0.308. The topological polar surface area (TPSA) is 414 Å². The molecule has 0 spiro atoms. The van der Waals surface area contributed by atoms with Gasteiger partial charge in [-0.25, -0.2) is 65.0 Å². The van der Waals surface area contributed by atoms with Crippen molar-refractivity contribution in [1.82, 2.24) is 103 Å². The Morgan fingerprint density at radius 1 is 0.430 bits per heavy atom. The molecule has 736 valence electrons. The van der Waals surface area contributed by atoms with Gasteiger partial charge in [-0.3, -0.25) is 49.5 Å². The van der Waals surface area contributed by atoms with Crippen LogP contribution < -0.4 is 27.0 Å². The van der Waals surface area contributed by atoms with Gasteiger partial charge in [0.25, 0.3) is 22.2 Å². The molecule has 9 aromatic heterocycles. The summed E-state index contributed by atoms with van der Waals surface area (Å²) in [5, 5.41) is 12.9. The second-order valence-corrected chi connectivity index (χ2v) is 38.5. The molecule has 12 heterocycles. The van der Waals surface area contributed by atoms with Crippen LogP contribution in [0.15, 0.2) is 243 Å². The van der Waals surface area contributed by atoms with Gasteiger partial charge in [0.2, 0.25) is 33.8 Å². The summed E-state index contributed by atoms with van der Waals surface area (Å²) in [7, 11) is -2.46. The number of imidazole rings is 4. The van der Waals surface area contributed by atoms with Crippen molar-refractivity contribution < 1.29 is 54.6 Å². The zero-order valence-corrected chi connectivity index (χ0v) is 79.9. The lowest BCUT2D eigenvalue weighted by Gasteiger charge is -2.31. The first-order valence-corrected chi connectivity index (χ1v) is 48.8. The van der Waals surface area contributed by atoms with E-state index in [9.17, 15) is 59.5 Å². The van der Waals surface area contributed by atoms with Gasteiger partial charge in [-0.15, -0.1) is 0 Å². The number of benzene rings is 8. The van der Waals surface area contributed by atoms with Crippen LogP contribution in [0.4, 0.5) is 31.9 Å². The standard InChI is InChI=1S/C28H32FN5O3.C27H30FN5O3.C25H26FN5O3.C24H21FN6O3S/c1-18(2)17-37-28(36)33-15-13-20(14-16-33)25-22(12-9-19-7-10-21(29)11-8-19)26(35)34(32-25)27-30-23-5-3-4-6-24(23)31-27;1-27(2,3)36-26(35)32-16-6-9-22(32)23-19(15-12-17-10-13-18(28)14-11-17)24(34)33(31-23)25-29-20-7-4-5-8-21(20)30-25;1-34-25(33)30-14-12-17(13-15-30)22-19(11-8-16-6-9-18(26)10-7-16)23(32)31(29-22)24-27-20-4-2-3-5-21(20)28-24;25-17-10-7-16(8-11-17)9-12-19-22(15-27-35(33,34)18-4-3-13-26-14-18)30-31(23(19)32)24-28-20-5-1-2-6-21(20)29-24/h3-8,10-11,18,20,32H,9,12-17H2,1-2H3,(H,30,31);4-5,7-8,10-11,13-14,22,31H,6,9,12,15-16H2,1-3H3,(H,29,30);2-7,9-10,17,29H,8,11-15H2,1H3,(H,27,28);1-8,10-11,13-14,27,30H,9,12,15H2,(H,28,29). The number of carbonyl (C=O) groups excluding carboxylic acids is 3. The number of aromatic amines is 8. The maximum atomic E-state index is 13.7. The van der Waals surface area contributed by atoms with E-state index in [1.54, 1.807) is 63.2 Å². The van der Waals surface area contributed by atoms with Crippen LogP contribution in [0, 0.1) is 29.2 Å². The molecule has 9 N–H and O–H groups in total. The summed E-state index contributed by atoms with van der Waals surface area (Å²) < 4.78 is 103. The van der Waals surface area contributed by atoms with Crippen molar-refractivity contribution in [2.24, 2.45) is 5.92 Å². The number of ether oxygens (including phenoxy) is 3. The minimum absolute atomic E-state index is 0.0203. The number of amides is 3. The third-order valence-electron chi connectivity index (χ3n) is 25.4. The Bertz CT molecular complexity index is 7550. The van der Waals surface area contributed by atoms with Crippen LogP contribution in [-0.2, 0) is 82.1 Å². The number of halogens is 4. The van der Waals surface area contributed by atoms with E-state index in [0.29, 0.717) is 160 Å². The van der Waals surface area contributed by atoms with Gasteiger partial charge in [0.15, 0.2) is 0 Å². The summed E-state index contributed by atoms with van der Waals surface area (Å²) in [6, 6.07) is 57.9. The number of rotatable bonds is 25. The molecule has 1 unspecified atom stereocenters. The molecule has 3 aliphatic rings. The largest absolute Gasteiger partial charge is 0.453 e. The quantitative estimate of drug-likeness (QED) is 0.0190. The number of likely N-dealkylation sites (tertiary alicyclic amines) is 3. The van der Waals surface area contributed by atoms with E-state index in [2.05, 4.69) is 70.0 Å². The highest BCUT2D eigenvalue weighted by molar-refractivity contribution is 7.89. The molecule has 3 amide bonds. The van der Waals surface area contributed by atoms with Crippen molar-refractivity contribution in [3.63, 3.8) is 0 Å². The molecule has 20 rings (SSSR count). The van der Waals surface area contributed by atoms with E-state index in [1.165, 1.54) is 98.9 Å². The van der Waals surface area contributed by atoms with E-state index in [4.69, 9.17) is 14.2 Å². The summed E-state index contributed by atoms with van der Waals surface area (Å²) >= 11 is 0. The number of piperidine rings is 2. The predicted molar refractivity (Wildman–Crippen MR) is 528 cm³/mol. The van der Waals surface area contributed by atoms with Gasteiger partial charge >= 0.3 is 18.3 Å². The second-order valence-electron chi connectivity index (χ2n) is 36.8. The monoisotopic (exact) mass is 1950 g/mol. The Balaban J connectivity index is 0.000000130. The van der Waals surface area contributed by atoms with E-state index in [0.717, 1.165) is 104 Å². The lowest BCUT2D eigenvalue weighted by atomic mass is 9.90. The van der Waals surface area contributed by atoms with Crippen LogP contribution >= 0.6 is 0 Å². The SMILES string of the molecule is CC(C)(C)OC(=O)N1CCCC1c1[nH]n(-c2nc3ccccc3[nH]2)c(=O)c1CCc1ccc(F)cc1.CC(C)COC(=O)N1CCC(c2[nH]n(-c3nc4ccccc4[nH]3)c(=O)c2CCc2ccc(F)cc2)CC1.COC(=O)N1CCC(c2[nH]n(-c3nc4ccccc4[nH]3)c(=O)c2CCc2ccc(F)cc2)CC1.O=c1c(CCc2ccc(F)cc2)c(CNS(=O)(=O)c2cccnc2)[nH]n1-c1nc2ccccc2[nH]1. The van der Waals surface area contributed by atoms with E-state index in [-0.39, 0.29) is 92.9 Å². The molecule has 38 heteroatoms. The van der Waals surface area contributed by atoms with Crippen LogP contribution in [0.5, 0.6) is 0 Å². The second kappa shape index (κ2) is 43.3. The first-order valence-electron chi connectivity index (χ1n) is 47.3. The molecule has 3 saturated heterocycles. The summed E-state index contributed by atoms with van der Waals surface area (Å²) in [4.78, 5) is 132. The van der Waals surface area contributed by atoms with Crippen molar-refractivity contribution in [2.75, 3.05) is 46.4 Å². The minimum Gasteiger partial charge on any atom is -0.453 e. The number of nitrogens with zero attached hydrogens (tertiary/aromatic N) is 12. The number of sulfonamides is 1. The molecule has 1 atom stereocenters. The number of nitrogens with one attached hydrogen (secondary N) is 9. The molecule has 17 aromatic rings. The number of hydrogen-bond acceptors (Lipinski definition) is 17. The maximum absolute atomic E-state index is 13.7. The van der Waals surface area contributed by atoms with Gasteiger partial charge < -0.3 is 43.9 Å². The summed E-state index contributed by atoms with van der Waals surface area (Å²) in [6.07, 6.45) is 10.2. The zero-order chi connectivity index (χ0) is 99.5.